The monoisotopic (exact) mass is 277 g/mol. The standard InChI is InChI=1S/C14H19N3O3/c1-10-11(5-4-7-13(10)17(19)20)9-16-12-6-2-3-8-15-14(12)18/h4-5,7,12,16H,2-3,6,8-9H2,1H3,(H,15,18). The summed E-state index contributed by atoms with van der Waals surface area (Å²) in [6.07, 6.45) is 2.81. The normalized spacial score (nSPS) is 19.2. The number of carbonyl (C=O) groups is 1. The molecule has 2 N–H and O–H groups in total. The van der Waals surface area contributed by atoms with Crippen LogP contribution in [0.1, 0.15) is 30.4 Å². The summed E-state index contributed by atoms with van der Waals surface area (Å²) in [5, 5.41) is 17.0. The summed E-state index contributed by atoms with van der Waals surface area (Å²) < 4.78 is 0. The lowest BCUT2D eigenvalue weighted by Gasteiger charge is -2.16. The van der Waals surface area contributed by atoms with Crippen LogP contribution in [0, 0.1) is 17.0 Å². The first-order chi connectivity index (χ1) is 9.59. The van der Waals surface area contributed by atoms with Gasteiger partial charge >= 0.3 is 0 Å². The minimum absolute atomic E-state index is 0.0191. The predicted molar refractivity (Wildman–Crippen MR) is 75.3 cm³/mol. The van der Waals surface area contributed by atoms with Crippen molar-refractivity contribution in [2.45, 2.75) is 38.8 Å². The van der Waals surface area contributed by atoms with Crippen molar-refractivity contribution in [1.82, 2.24) is 10.6 Å². The molecular weight excluding hydrogens is 258 g/mol. The Morgan fingerprint density at radius 1 is 1.45 bits per heavy atom. The summed E-state index contributed by atoms with van der Waals surface area (Å²) in [5.74, 6) is 0.0191. The van der Waals surface area contributed by atoms with Crippen LogP contribution in [0.3, 0.4) is 0 Å². The van der Waals surface area contributed by atoms with Gasteiger partial charge in [-0.2, -0.15) is 0 Å². The first kappa shape index (κ1) is 14.5. The molecule has 1 aliphatic rings. The molecule has 108 valence electrons. The molecule has 1 aromatic rings. The van der Waals surface area contributed by atoms with E-state index in [4.69, 9.17) is 0 Å². The average Bonchev–Trinajstić information content (AvgIpc) is 2.62. The molecule has 0 spiro atoms. The van der Waals surface area contributed by atoms with Gasteiger partial charge in [0.25, 0.3) is 5.69 Å². The van der Waals surface area contributed by atoms with Gasteiger partial charge in [-0.05, 0) is 31.7 Å². The van der Waals surface area contributed by atoms with Crippen molar-refractivity contribution >= 4 is 11.6 Å². The van der Waals surface area contributed by atoms with E-state index in [0.717, 1.165) is 31.4 Å². The Hall–Kier alpha value is -1.95. The Bertz CT molecular complexity index is 516. The molecule has 1 aliphatic heterocycles. The number of nitro benzene ring substituents is 1. The summed E-state index contributed by atoms with van der Waals surface area (Å²) in [5.41, 5.74) is 1.63. The first-order valence-electron chi connectivity index (χ1n) is 6.83. The van der Waals surface area contributed by atoms with E-state index in [1.807, 2.05) is 6.07 Å². The molecule has 0 saturated carbocycles. The highest BCUT2D eigenvalue weighted by molar-refractivity contribution is 5.81. The predicted octanol–water partition coefficient (Wildman–Crippen LogP) is 1.66. The molecule has 1 aromatic carbocycles. The Morgan fingerprint density at radius 2 is 2.25 bits per heavy atom. The Labute approximate surface area is 117 Å². The third kappa shape index (κ3) is 3.33. The number of nitrogens with zero attached hydrogens (tertiary/aromatic N) is 1. The first-order valence-corrected chi connectivity index (χ1v) is 6.83. The second kappa shape index (κ2) is 6.47. The summed E-state index contributed by atoms with van der Waals surface area (Å²) in [7, 11) is 0. The minimum atomic E-state index is -0.378. The van der Waals surface area contributed by atoms with E-state index >= 15 is 0 Å². The van der Waals surface area contributed by atoms with Crippen LogP contribution in [-0.4, -0.2) is 23.4 Å². The van der Waals surface area contributed by atoms with Gasteiger partial charge in [-0.25, -0.2) is 0 Å². The number of rotatable bonds is 4. The van der Waals surface area contributed by atoms with Gasteiger partial charge in [0.15, 0.2) is 0 Å². The van der Waals surface area contributed by atoms with Gasteiger partial charge in [-0.15, -0.1) is 0 Å². The Balaban J connectivity index is 2.05. The fourth-order valence-electron chi connectivity index (χ4n) is 2.43. The van der Waals surface area contributed by atoms with Gasteiger partial charge in [0.2, 0.25) is 5.91 Å². The molecule has 6 nitrogen and oxygen atoms in total. The van der Waals surface area contributed by atoms with E-state index in [9.17, 15) is 14.9 Å². The molecule has 2 rings (SSSR count). The van der Waals surface area contributed by atoms with Crippen LogP contribution in [0.25, 0.3) is 0 Å². The molecule has 1 amide bonds. The highest BCUT2D eigenvalue weighted by Gasteiger charge is 2.20. The Kier molecular flexibility index (Phi) is 4.68. The zero-order chi connectivity index (χ0) is 14.5. The van der Waals surface area contributed by atoms with Crippen LogP contribution in [0.4, 0.5) is 5.69 Å². The fourth-order valence-corrected chi connectivity index (χ4v) is 2.43. The molecule has 0 aliphatic carbocycles. The number of hydrogen-bond acceptors (Lipinski definition) is 4. The molecule has 6 heteroatoms. The van der Waals surface area contributed by atoms with Crippen LogP contribution in [0.15, 0.2) is 18.2 Å². The maximum absolute atomic E-state index is 11.8. The number of nitrogens with one attached hydrogen (secondary N) is 2. The van der Waals surface area contributed by atoms with E-state index in [0.29, 0.717) is 12.1 Å². The summed E-state index contributed by atoms with van der Waals surface area (Å²) >= 11 is 0. The topological polar surface area (TPSA) is 84.3 Å². The maximum Gasteiger partial charge on any atom is 0.272 e. The summed E-state index contributed by atoms with van der Waals surface area (Å²) in [6.45, 7) is 2.93. The zero-order valence-electron chi connectivity index (χ0n) is 11.5. The highest BCUT2D eigenvalue weighted by atomic mass is 16.6. The molecular formula is C14H19N3O3. The summed E-state index contributed by atoms with van der Waals surface area (Å²) in [4.78, 5) is 22.3. The number of nitro groups is 1. The average molecular weight is 277 g/mol. The molecule has 0 radical (unpaired) electrons. The summed E-state index contributed by atoms with van der Waals surface area (Å²) in [6, 6.07) is 4.81. The smallest absolute Gasteiger partial charge is 0.272 e. The number of benzene rings is 1. The Morgan fingerprint density at radius 3 is 3.00 bits per heavy atom. The number of carbonyl (C=O) groups excluding carboxylic acids is 1. The molecule has 0 bridgehead atoms. The quantitative estimate of drug-likeness (QED) is 0.647. The number of hydrogen-bond donors (Lipinski definition) is 2. The fraction of sp³-hybridized carbons (Fsp3) is 0.500. The molecule has 0 aromatic heterocycles. The van der Waals surface area contributed by atoms with Crippen molar-refractivity contribution in [3.63, 3.8) is 0 Å². The largest absolute Gasteiger partial charge is 0.355 e. The van der Waals surface area contributed by atoms with Crippen molar-refractivity contribution < 1.29 is 9.72 Å². The third-order valence-corrected chi connectivity index (χ3v) is 3.69. The van der Waals surface area contributed by atoms with E-state index in [1.165, 1.54) is 6.07 Å². The molecule has 1 heterocycles. The molecule has 1 fully saturated rings. The second-order valence-corrected chi connectivity index (χ2v) is 5.04. The number of amides is 1. The van der Waals surface area contributed by atoms with Crippen molar-refractivity contribution in [1.29, 1.82) is 0 Å². The SMILES string of the molecule is Cc1c(CNC2CCCCNC2=O)cccc1[N+](=O)[O-]. The molecule has 1 unspecified atom stereocenters. The second-order valence-electron chi connectivity index (χ2n) is 5.04. The van der Waals surface area contributed by atoms with Crippen molar-refractivity contribution in [2.75, 3.05) is 6.54 Å². The van der Waals surface area contributed by atoms with Gasteiger partial charge < -0.3 is 10.6 Å². The van der Waals surface area contributed by atoms with Crippen LogP contribution >= 0.6 is 0 Å². The van der Waals surface area contributed by atoms with Crippen molar-refractivity contribution in [3.8, 4) is 0 Å². The van der Waals surface area contributed by atoms with Crippen LogP contribution in [0.2, 0.25) is 0 Å². The van der Waals surface area contributed by atoms with Crippen LogP contribution in [-0.2, 0) is 11.3 Å². The van der Waals surface area contributed by atoms with Gasteiger partial charge in [0.1, 0.15) is 0 Å². The molecule has 1 atom stereocenters. The van der Waals surface area contributed by atoms with E-state index in [1.54, 1.807) is 13.0 Å². The van der Waals surface area contributed by atoms with Crippen LogP contribution < -0.4 is 10.6 Å². The molecule has 1 saturated heterocycles. The lowest BCUT2D eigenvalue weighted by molar-refractivity contribution is -0.385. The van der Waals surface area contributed by atoms with E-state index in [2.05, 4.69) is 10.6 Å². The van der Waals surface area contributed by atoms with Gasteiger partial charge in [0, 0.05) is 24.7 Å². The van der Waals surface area contributed by atoms with Crippen molar-refractivity contribution in [2.24, 2.45) is 0 Å². The van der Waals surface area contributed by atoms with E-state index in [-0.39, 0.29) is 22.6 Å². The highest BCUT2D eigenvalue weighted by Crippen LogP contribution is 2.21. The van der Waals surface area contributed by atoms with Crippen molar-refractivity contribution in [3.05, 3.63) is 39.4 Å². The van der Waals surface area contributed by atoms with Gasteiger partial charge in [0.05, 0.1) is 11.0 Å². The third-order valence-electron chi connectivity index (χ3n) is 3.69. The maximum atomic E-state index is 11.8. The van der Waals surface area contributed by atoms with E-state index < -0.39 is 0 Å². The zero-order valence-corrected chi connectivity index (χ0v) is 11.5. The van der Waals surface area contributed by atoms with Crippen LogP contribution in [0.5, 0.6) is 0 Å². The minimum Gasteiger partial charge on any atom is -0.355 e. The lowest BCUT2D eigenvalue weighted by atomic mass is 10.1. The van der Waals surface area contributed by atoms with Gasteiger partial charge in [-0.1, -0.05) is 12.1 Å². The lowest BCUT2D eigenvalue weighted by Crippen LogP contribution is -2.42. The molecule has 20 heavy (non-hydrogen) atoms. The van der Waals surface area contributed by atoms with Gasteiger partial charge in [-0.3, -0.25) is 14.9 Å².